The van der Waals surface area contributed by atoms with Gasteiger partial charge in [-0.3, -0.25) is 4.98 Å². The summed E-state index contributed by atoms with van der Waals surface area (Å²) in [6, 6.07) is 0. The monoisotopic (exact) mass is 255 g/mol. The zero-order valence-corrected chi connectivity index (χ0v) is 10.3. The molecule has 1 aromatic heterocycles. The first-order chi connectivity index (χ1) is 8.04. The van der Waals surface area contributed by atoms with Crippen LogP contribution in [0, 0.1) is 0 Å². The average Bonchev–Trinajstić information content (AvgIpc) is 2.29. The quantitative estimate of drug-likeness (QED) is 0.875. The minimum absolute atomic E-state index is 0.279. The number of hydrogen-bond acceptors (Lipinski definition) is 4. The summed E-state index contributed by atoms with van der Waals surface area (Å²) in [5, 5.41) is 9.65. The fourth-order valence-electron chi connectivity index (χ4n) is 2.17. The highest BCUT2D eigenvalue weighted by molar-refractivity contribution is 6.29. The summed E-state index contributed by atoms with van der Waals surface area (Å²) < 4.78 is 0. The van der Waals surface area contributed by atoms with Gasteiger partial charge in [0, 0.05) is 6.54 Å². The molecule has 0 bridgehead atoms. The Morgan fingerprint density at radius 3 is 2.94 bits per heavy atom. The lowest BCUT2D eigenvalue weighted by Gasteiger charge is -2.42. The molecule has 1 atom stereocenters. The summed E-state index contributed by atoms with van der Waals surface area (Å²) in [7, 11) is 0. The first-order valence-corrected chi connectivity index (χ1v) is 5.90. The van der Waals surface area contributed by atoms with Crippen LogP contribution in [0.5, 0.6) is 0 Å². The van der Waals surface area contributed by atoms with Gasteiger partial charge in [0.15, 0.2) is 0 Å². The Hall–Kier alpha value is -1.36. The van der Waals surface area contributed by atoms with Gasteiger partial charge < -0.3 is 10.0 Å². The van der Waals surface area contributed by atoms with Crippen molar-refractivity contribution < 1.29 is 9.90 Å². The summed E-state index contributed by atoms with van der Waals surface area (Å²) in [5.41, 5.74) is -0.919. The Kier molecular flexibility index (Phi) is 3.19. The Labute approximate surface area is 104 Å². The molecule has 1 aliphatic rings. The van der Waals surface area contributed by atoms with Gasteiger partial charge in [-0.25, -0.2) is 9.78 Å². The Morgan fingerprint density at radius 2 is 2.29 bits per heavy atom. The van der Waals surface area contributed by atoms with Crippen LogP contribution in [-0.4, -0.2) is 33.1 Å². The summed E-state index contributed by atoms with van der Waals surface area (Å²) in [6.45, 7) is 2.38. The number of nitrogens with zero attached hydrogens (tertiary/aromatic N) is 3. The lowest BCUT2D eigenvalue weighted by molar-refractivity contribution is -0.143. The molecule has 0 aromatic carbocycles. The van der Waals surface area contributed by atoms with E-state index in [9.17, 15) is 9.90 Å². The zero-order chi connectivity index (χ0) is 12.5. The van der Waals surface area contributed by atoms with E-state index in [0.717, 1.165) is 12.8 Å². The SMILES string of the molecule is CC1(C(=O)O)CCCCN1c1cncc(Cl)n1. The predicted molar refractivity (Wildman–Crippen MR) is 64.3 cm³/mol. The molecule has 1 fully saturated rings. The van der Waals surface area contributed by atoms with Gasteiger partial charge in [-0.2, -0.15) is 0 Å². The van der Waals surface area contributed by atoms with Crippen LogP contribution in [0.15, 0.2) is 12.4 Å². The summed E-state index contributed by atoms with van der Waals surface area (Å²) in [6.07, 6.45) is 5.46. The zero-order valence-electron chi connectivity index (χ0n) is 9.56. The van der Waals surface area contributed by atoms with Gasteiger partial charge in [0.1, 0.15) is 16.5 Å². The molecule has 0 saturated carbocycles. The standard InChI is InChI=1S/C11H14ClN3O2/c1-11(10(16)17)4-2-3-5-15(11)9-7-13-6-8(12)14-9/h6-7H,2-5H2,1H3,(H,16,17). The summed E-state index contributed by atoms with van der Waals surface area (Å²) >= 11 is 5.79. The highest BCUT2D eigenvalue weighted by atomic mass is 35.5. The third-order valence-electron chi connectivity index (χ3n) is 3.22. The molecule has 1 aliphatic heterocycles. The first kappa shape index (κ1) is 12.1. The van der Waals surface area contributed by atoms with Crippen molar-refractivity contribution in [1.29, 1.82) is 0 Å². The van der Waals surface area contributed by atoms with Gasteiger partial charge in [0.2, 0.25) is 0 Å². The second-order valence-corrected chi connectivity index (χ2v) is 4.77. The molecule has 1 unspecified atom stereocenters. The van der Waals surface area contributed by atoms with E-state index in [1.807, 2.05) is 0 Å². The van der Waals surface area contributed by atoms with Crippen molar-refractivity contribution >= 4 is 23.4 Å². The van der Waals surface area contributed by atoms with Gasteiger partial charge in [-0.15, -0.1) is 0 Å². The van der Waals surface area contributed by atoms with Gasteiger partial charge in [-0.1, -0.05) is 11.6 Å². The molecule has 0 amide bonds. The predicted octanol–water partition coefficient (Wildman–Crippen LogP) is 1.96. The van der Waals surface area contributed by atoms with E-state index < -0.39 is 11.5 Å². The van der Waals surface area contributed by atoms with Crippen molar-refractivity contribution in [3.8, 4) is 0 Å². The van der Waals surface area contributed by atoms with Crippen LogP contribution in [0.4, 0.5) is 5.82 Å². The fraction of sp³-hybridized carbons (Fsp3) is 0.545. The lowest BCUT2D eigenvalue weighted by atomic mass is 9.88. The number of aliphatic carboxylic acids is 1. The second kappa shape index (κ2) is 4.49. The molecule has 2 heterocycles. The van der Waals surface area contributed by atoms with Crippen molar-refractivity contribution in [2.75, 3.05) is 11.4 Å². The molecule has 17 heavy (non-hydrogen) atoms. The van der Waals surface area contributed by atoms with Crippen LogP contribution >= 0.6 is 11.6 Å². The maximum atomic E-state index is 11.4. The van der Waals surface area contributed by atoms with Gasteiger partial charge in [0.25, 0.3) is 0 Å². The molecule has 0 aliphatic carbocycles. The van der Waals surface area contributed by atoms with Gasteiger partial charge >= 0.3 is 5.97 Å². The summed E-state index contributed by atoms with van der Waals surface area (Å²) in [4.78, 5) is 21.3. The topological polar surface area (TPSA) is 66.3 Å². The third-order valence-corrected chi connectivity index (χ3v) is 3.40. The van der Waals surface area contributed by atoms with Crippen molar-refractivity contribution in [2.24, 2.45) is 0 Å². The van der Waals surface area contributed by atoms with Crippen molar-refractivity contribution in [3.05, 3.63) is 17.5 Å². The van der Waals surface area contributed by atoms with Gasteiger partial charge in [-0.05, 0) is 26.2 Å². The molecule has 0 spiro atoms. The highest BCUT2D eigenvalue weighted by Gasteiger charge is 2.42. The average molecular weight is 256 g/mol. The lowest BCUT2D eigenvalue weighted by Crippen LogP contribution is -2.55. The number of rotatable bonds is 2. The fourth-order valence-corrected chi connectivity index (χ4v) is 2.32. The van der Waals surface area contributed by atoms with Gasteiger partial charge in [0.05, 0.1) is 12.4 Å². The number of aromatic nitrogens is 2. The Balaban J connectivity index is 2.37. The minimum atomic E-state index is -0.919. The summed E-state index contributed by atoms with van der Waals surface area (Å²) in [5.74, 6) is -0.305. The van der Waals surface area contributed by atoms with Crippen LogP contribution in [0.25, 0.3) is 0 Å². The van der Waals surface area contributed by atoms with Crippen LogP contribution in [-0.2, 0) is 4.79 Å². The van der Waals surface area contributed by atoms with E-state index in [0.29, 0.717) is 18.8 Å². The number of hydrogen-bond donors (Lipinski definition) is 1. The smallest absolute Gasteiger partial charge is 0.329 e. The van der Waals surface area contributed by atoms with Crippen molar-refractivity contribution in [3.63, 3.8) is 0 Å². The number of halogens is 1. The number of carboxylic acids is 1. The molecule has 1 N–H and O–H groups in total. The van der Waals surface area contributed by atoms with E-state index in [4.69, 9.17) is 11.6 Å². The van der Waals surface area contributed by atoms with E-state index >= 15 is 0 Å². The van der Waals surface area contributed by atoms with E-state index in [1.54, 1.807) is 18.0 Å². The molecular weight excluding hydrogens is 242 g/mol. The van der Waals surface area contributed by atoms with E-state index in [-0.39, 0.29) is 5.15 Å². The highest BCUT2D eigenvalue weighted by Crippen LogP contribution is 2.32. The first-order valence-electron chi connectivity index (χ1n) is 5.52. The molecule has 0 radical (unpaired) electrons. The molecule has 2 rings (SSSR count). The van der Waals surface area contributed by atoms with Crippen molar-refractivity contribution in [2.45, 2.75) is 31.7 Å². The molecule has 1 saturated heterocycles. The maximum Gasteiger partial charge on any atom is 0.329 e. The molecule has 92 valence electrons. The molecule has 1 aromatic rings. The van der Waals surface area contributed by atoms with Crippen LogP contribution in [0.1, 0.15) is 26.2 Å². The number of piperidine rings is 1. The Morgan fingerprint density at radius 1 is 1.53 bits per heavy atom. The van der Waals surface area contributed by atoms with Crippen LogP contribution in [0.2, 0.25) is 5.15 Å². The maximum absolute atomic E-state index is 11.4. The second-order valence-electron chi connectivity index (χ2n) is 4.39. The largest absolute Gasteiger partial charge is 0.480 e. The number of anilines is 1. The van der Waals surface area contributed by atoms with E-state index in [1.165, 1.54) is 6.20 Å². The van der Waals surface area contributed by atoms with Crippen molar-refractivity contribution in [1.82, 2.24) is 9.97 Å². The Bertz CT molecular complexity index is 440. The minimum Gasteiger partial charge on any atom is -0.480 e. The van der Waals surface area contributed by atoms with Crippen LogP contribution < -0.4 is 4.90 Å². The number of carboxylic acid groups (broad SMARTS) is 1. The normalized spacial score (nSPS) is 24.7. The molecule has 5 nitrogen and oxygen atoms in total. The van der Waals surface area contributed by atoms with E-state index in [2.05, 4.69) is 9.97 Å². The third kappa shape index (κ3) is 2.20. The van der Waals surface area contributed by atoms with Crippen LogP contribution in [0.3, 0.4) is 0 Å². The number of carbonyl (C=O) groups is 1. The molecular formula is C11H14ClN3O2. The molecule has 6 heteroatoms.